The summed E-state index contributed by atoms with van der Waals surface area (Å²) in [6.07, 6.45) is 3.67. The maximum atomic E-state index is 14.2. The molecule has 0 amide bonds. The third-order valence-electron chi connectivity index (χ3n) is 5.35. The van der Waals surface area contributed by atoms with E-state index in [-0.39, 0.29) is 11.7 Å². The monoisotopic (exact) mass is 377 g/mol. The molecule has 0 unspecified atom stereocenters. The molecule has 3 aromatic heterocycles. The van der Waals surface area contributed by atoms with Crippen LogP contribution in [0.5, 0.6) is 0 Å². The first-order valence-electron chi connectivity index (χ1n) is 9.50. The number of hydrogen-bond acceptors (Lipinski definition) is 5. The summed E-state index contributed by atoms with van der Waals surface area (Å²) in [4.78, 5) is 2.39. The van der Waals surface area contributed by atoms with Crippen LogP contribution in [0.15, 0.2) is 59.2 Å². The number of likely N-dealkylation sites (tertiary alicyclic amines) is 1. The molecule has 6 nitrogen and oxygen atoms in total. The lowest BCUT2D eigenvalue weighted by Gasteiger charge is -2.30. The predicted molar refractivity (Wildman–Crippen MR) is 102 cm³/mol. The van der Waals surface area contributed by atoms with E-state index in [1.165, 1.54) is 6.07 Å². The average molecular weight is 377 g/mol. The van der Waals surface area contributed by atoms with Crippen LogP contribution in [-0.2, 0) is 6.54 Å². The van der Waals surface area contributed by atoms with E-state index in [9.17, 15) is 4.39 Å². The van der Waals surface area contributed by atoms with Crippen molar-refractivity contribution < 1.29 is 8.81 Å². The highest BCUT2D eigenvalue weighted by atomic mass is 19.1. The van der Waals surface area contributed by atoms with Gasteiger partial charge in [-0.15, -0.1) is 10.2 Å². The van der Waals surface area contributed by atoms with E-state index in [1.54, 1.807) is 29.0 Å². The molecule has 1 fully saturated rings. The molecule has 28 heavy (non-hydrogen) atoms. The molecule has 0 N–H and O–H groups in total. The highest BCUT2D eigenvalue weighted by molar-refractivity contribution is 5.60. The Labute approximate surface area is 161 Å². The third kappa shape index (κ3) is 3.18. The Balaban J connectivity index is 1.38. The molecule has 0 bridgehead atoms. The van der Waals surface area contributed by atoms with Gasteiger partial charge < -0.3 is 4.42 Å². The molecular weight excluding hydrogens is 357 g/mol. The Morgan fingerprint density at radius 1 is 1.00 bits per heavy atom. The largest absolute Gasteiger partial charge is 0.468 e. The van der Waals surface area contributed by atoms with Crippen molar-refractivity contribution in [3.8, 4) is 11.3 Å². The first-order chi connectivity index (χ1) is 13.8. The number of hydrogen-bond donors (Lipinski definition) is 0. The Bertz CT molecular complexity index is 1080. The minimum Gasteiger partial charge on any atom is -0.468 e. The quantitative estimate of drug-likeness (QED) is 0.540. The van der Waals surface area contributed by atoms with Crippen molar-refractivity contribution in [1.82, 2.24) is 24.7 Å². The van der Waals surface area contributed by atoms with Gasteiger partial charge in [0.15, 0.2) is 11.5 Å². The van der Waals surface area contributed by atoms with E-state index in [1.807, 2.05) is 24.3 Å². The number of benzene rings is 1. The van der Waals surface area contributed by atoms with E-state index < -0.39 is 0 Å². The van der Waals surface area contributed by atoms with Crippen LogP contribution in [-0.4, -0.2) is 37.8 Å². The molecular formula is C21H20FN5O. The van der Waals surface area contributed by atoms with Crippen LogP contribution in [0.1, 0.15) is 30.3 Å². The average Bonchev–Trinajstić information content (AvgIpc) is 3.38. The molecule has 1 saturated heterocycles. The molecule has 142 valence electrons. The van der Waals surface area contributed by atoms with Crippen molar-refractivity contribution in [3.63, 3.8) is 0 Å². The van der Waals surface area contributed by atoms with Crippen LogP contribution in [0.4, 0.5) is 4.39 Å². The highest BCUT2D eigenvalue weighted by Gasteiger charge is 2.25. The Hall–Kier alpha value is -3.06. The predicted octanol–water partition coefficient (Wildman–Crippen LogP) is 3.90. The molecule has 4 heterocycles. The second-order valence-corrected chi connectivity index (χ2v) is 7.16. The van der Waals surface area contributed by atoms with Crippen LogP contribution >= 0.6 is 0 Å². The van der Waals surface area contributed by atoms with E-state index in [2.05, 4.69) is 20.2 Å². The Morgan fingerprint density at radius 3 is 2.64 bits per heavy atom. The molecule has 5 rings (SSSR count). The normalized spacial score (nSPS) is 16.0. The van der Waals surface area contributed by atoms with Gasteiger partial charge >= 0.3 is 0 Å². The number of fused-ring (bicyclic) bond motifs is 1. The summed E-state index contributed by atoms with van der Waals surface area (Å²) in [6, 6.07) is 14.2. The Morgan fingerprint density at radius 2 is 1.86 bits per heavy atom. The summed E-state index contributed by atoms with van der Waals surface area (Å²) in [5.41, 5.74) is 1.76. The van der Waals surface area contributed by atoms with Gasteiger partial charge in [-0.2, -0.15) is 9.61 Å². The second kappa shape index (κ2) is 7.16. The van der Waals surface area contributed by atoms with E-state index in [0.717, 1.165) is 44.1 Å². The number of rotatable bonds is 4. The molecule has 0 saturated carbocycles. The summed E-state index contributed by atoms with van der Waals surface area (Å²) < 4.78 is 21.4. The van der Waals surface area contributed by atoms with E-state index >= 15 is 0 Å². The fourth-order valence-corrected chi connectivity index (χ4v) is 3.84. The fraction of sp³-hybridized carbons (Fsp3) is 0.286. The minimum atomic E-state index is -0.282. The lowest BCUT2D eigenvalue weighted by molar-refractivity contribution is 0.187. The van der Waals surface area contributed by atoms with Gasteiger partial charge in [0.1, 0.15) is 11.6 Å². The number of nitrogens with zero attached hydrogens (tertiary/aromatic N) is 5. The van der Waals surface area contributed by atoms with Crippen LogP contribution in [0.2, 0.25) is 0 Å². The van der Waals surface area contributed by atoms with Gasteiger partial charge in [0, 0.05) is 11.5 Å². The van der Waals surface area contributed by atoms with Crippen molar-refractivity contribution >= 4 is 5.65 Å². The number of piperidine rings is 1. The fourth-order valence-electron chi connectivity index (χ4n) is 3.84. The highest BCUT2D eigenvalue weighted by Crippen LogP contribution is 2.28. The molecule has 1 aliphatic heterocycles. The molecule has 7 heteroatoms. The summed E-state index contributed by atoms with van der Waals surface area (Å²) in [5.74, 6) is 1.84. The first-order valence-corrected chi connectivity index (χ1v) is 9.50. The molecule has 4 aromatic rings. The minimum absolute atomic E-state index is 0.282. The smallest absolute Gasteiger partial charge is 0.177 e. The van der Waals surface area contributed by atoms with Crippen LogP contribution in [0.3, 0.4) is 0 Å². The van der Waals surface area contributed by atoms with Crippen molar-refractivity contribution in [1.29, 1.82) is 0 Å². The molecule has 0 aliphatic carbocycles. The van der Waals surface area contributed by atoms with Crippen LogP contribution in [0.25, 0.3) is 16.9 Å². The SMILES string of the molecule is Fc1ccccc1-c1ccc2nnc(C3CCN(Cc4ccco4)CC3)n2n1. The molecule has 1 aromatic carbocycles. The molecule has 1 aliphatic rings. The van der Waals surface area contributed by atoms with Gasteiger partial charge in [-0.1, -0.05) is 12.1 Å². The summed E-state index contributed by atoms with van der Waals surface area (Å²) in [5, 5.41) is 13.3. The lowest BCUT2D eigenvalue weighted by atomic mass is 9.96. The standard InChI is InChI=1S/C21H20FN5O/c22-18-6-2-1-5-17(18)19-7-8-20-23-24-21(27(20)25-19)15-9-11-26(12-10-15)14-16-4-3-13-28-16/h1-8,13,15H,9-12,14H2. The van der Waals surface area contributed by atoms with Gasteiger partial charge in [-0.3, -0.25) is 4.90 Å². The second-order valence-electron chi connectivity index (χ2n) is 7.16. The molecule has 0 spiro atoms. The van der Waals surface area contributed by atoms with E-state index in [4.69, 9.17) is 4.42 Å². The molecule has 0 atom stereocenters. The lowest BCUT2D eigenvalue weighted by Crippen LogP contribution is -2.33. The van der Waals surface area contributed by atoms with E-state index in [0.29, 0.717) is 16.9 Å². The third-order valence-corrected chi connectivity index (χ3v) is 5.35. The van der Waals surface area contributed by atoms with Gasteiger partial charge in [0.2, 0.25) is 0 Å². The molecule has 0 radical (unpaired) electrons. The van der Waals surface area contributed by atoms with Gasteiger partial charge in [-0.25, -0.2) is 4.39 Å². The zero-order chi connectivity index (χ0) is 18.9. The van der Waals surface area contributed by atoms with Crippen molar-refractivity contribution in [2.24, 2.45) is 0 Å². The summed E-state index contributed by atoms with van der Waals surface area (Å²) in [6.45, 7) is 2.76. The number of halogens is 1. The van der Waals surface area contributed by atoms with Gasteiger partial charge in [-0.05, 0) is 62.3 Å². The van der Waals surface area contributed by atoms with Crippen molar-refractivity contribution in [3.05, 3.63) is 72.2 Å². The summed E-state index contributed by atoms with van der Waals surface area (Å²) in [7, 11) is 0. The summed E-state index contributed by atoms with van der Waals surface area (Å²) >= 11 is 0. The maximum absolute atomic E-state index is 14.2. The van der Waals surface area contributed by atoms with Crippen molar-refractivity contribution in [2.45, 2.75) is 25.3 Å². The number of furan rings is 1. The topological polar surface area (TPSA) is 59.5 Å². The van der Waals surface area contributed by atoms with Crippen LogP contribution < -0.4 is 0 Å². The van der Waals surface area contributed by atoms with Gasteiger partial charge in [0.05, 0.1) is 18.5 Å². The van der Waals surface area contributed by atoms with Crippen LogP contribution in [0, 0.1) is 5.82 Å². The number of aromatic nitrogens is 4. The zero-order valence-electron chi connectivity index (χ0n) is 15.3. The zero-order valence-corrected chi connectivity index (χ0v) is 15.3. The maximum Gasteiger partial charge on any atom is 0.177 e. The first kappa shape index (κ1) is 17.1. The van der Waals surface area contributed by atoms with Crippen molar-refractivity contribution in [2.75, 3.05) is 13.1 Å². The Kier molecular flexibility index (Phi) is 4.37. The van der Waals surface area contributed by atoms with Gasteiger partial charge in [0.25, 0.3) is 0 Å².